The Labute approximate surface area is 280 Å². The maximum Gasteiger partial charge on any atom is 0.0413 e. The summed E-state index contributed by atoms with van der Waals surface area (Å²) in [5.74, 6) is 2.75. The predicted octanol–water partition coefficient (Wildman–Crippen LogP) is 12.2. The fourth-order valence-electron chi connectivity index (χ4n) is 9.67. The topological polar surface area (TPSA) is 6.48 Å². The highest BCUT2D eigenvalue weighted by atomic mass is 15.2. The van der Waals surface area contributed by atoms with Gasteiger partial charge in [-0.15, -0.1) is 0 Å². The van der Waals surface area contributed by atoms with Crippen LogP contribution in [0.2, 0.25) is 0 Å². The standard InChI is InChI=1S/C44H58N2/c1-5-42(40-33-41(40)43(34(2)3)46(38-25-13-8-14-26-38)39-27-15-9-16-28-39)44(31-17-10-18-32-44)35-21-19-29-37(30-20-22-35)45(4)36-23-11-6-7-12-24-36/h5-9,11-16,23,25-29,34-35,40-41,43H,10,17-22,24,30-33H2,1-4H3/b37-29+,42-5+. The molecule has 4 unspecified atom stereocenters. The van der Waals surface area contributed by atoms with Crippen molar-refractivity contribution in [3.63, 3.8) is 0 Å². The van der Waals surface area contributed by atoms with Crippen LogP contribution in [0, 0.1) is 29.1 Å². The summed E-state index contributed by atoms with van der Waals surface area (Å²) >= 11 is 0. The fourth-order valence-corrected chi connectivity index (χ4v) is 9.67. The van der Waals surface area contributed by atoms with Gasteiger partial charge in [0.1, 0.15) is 0 Å². The second kappa shape index (κ2) is 15.1. The zero-order valence-electron chi connectivity index (χ0n) is 29.1. The van der Waals surface area contributed by atoms with Crippen LogP contribution in [-0.4, -0.2) is 18.0 Å². The highest BCUT2D eigenvalue weighted by Gasteiger charge is 2.54. The van der Waals surface area contributed by atoms with Crippen molar-refractivity contribution in [2.75, 3.05) is 11.9 Å². The van der Waals surface area contributed by atoms with E-state index in [1.807, 2.05) is 5.57 Å². The largest absolute Gasteiger partial charge is 0.352 e. The lowest BCUT2D eigenvalue weighted by Crippen LogP contribution is -2.40. The van der Waals surface area contributed by atoms with Crippen LogP contribution in [0.1, 0.15) is 97.8 Å². The third kappa shape index (κ3) is 7.02. The van der Waals surface area contributed by atoms with Gasteiger partial charge in [0.15, 0.2) is 0 Å². The summed E-state index contributed by atoms with van der Waals surface area (Å²) in [4.78, 5) is 5.17. The summed E-state index contributed by atoms with van der Waals surface area (Å²) in [6.45, 7) is 7.30. The second-order valence-electron chi connectivity index (χ2n) is 14.8. The molecule has 0 aliphatic heterocycles. The summed E-state index contributed by atoms with van der Waals surface area (Å²) < 4.78 is 0. The van der Waals surface area contributed by atoms with Gasteiger partial charge in [-0.05, 0) is 118 Å². The Morgan fingerprint density at radius 1 is 0.826 bits per heavy atom. The molecule has 2 fully saturated rings. The van der Waals surface area contributed by atoms with Crippen LogP contribution >= 0.6 is 0 Å². The van der Waals surface area contributed by atoms with Crippen LogP contribution in [-0.2, 0) is 0 Å². The Kier molecular flexibility index (Phi) is 10.7. The molecule has 6 rings (SSSR count). The molecular formula is C44H58N2. The Hall–Kier alpha value is -3.26. The van der Waals surface area contributed by atoms with Gasteiger partial charge in [-0.25, -0.2) is 0 Å². The van der Waals surface area contributed by atoms with Crippen LogP contribution in [0.15, 0.2) is 120 Å². The lowest BCUT2D eigenvalue weighted by Gasteiger charge is -2.47. The van der Waals surface area contributed by atoms with Gasteiger partial charge in [0.25, 0.3) is 0 Å². The van der Waals surface area contributed by atoms with E-state index in [0.29, 0.717) is 29.2 Å². The molecule has 0 heterocycles. The average Bonchev–Trinajstić information content (AvgIpc) is 3.89. The van der Waals surface area contributed by atoms with Crippen molar-refractivity contribution < 1.29 is 0 Å². The van der Waals surface area contributed by atoms with Crippen LogP contribution in [0.5, 0.6) is 0 Å². The molecule has 0 saturated heterocycles. The molecule has 4 atom stereocenters. The van der Waals surface area contributed by atoms with Crippen molar-refractivity contribution >= 4 is 11.4 Å². The summed E-state index contributed by atoms with van der Waals surface area (Å²) in [5, 5.41) is 0. The van der Waals surface area contributed by atoms with E-state index in [1.165, 1.54) is 93.4 Å². The van der Waals surface area contributed by atoms with Crippen LogP contribution < -0.4 is 4.90 Å². The van der Waals surface area contributed by atoms with Crippen molar-refractivity contribution in [2.24, 2.45) is 29.1 Å². The first-order valence-electron chi connectivity index (χ1n) is 18.5. The van der Waals surface area contributed by atoms with E-state index in [2.05, 4.69) is 141 Å². The zero-order chi connectivity index (χ0) is 31.9. The first-order chi connectivity index (χ1) is 22.5. The number of hydrogen-bond donors (Lipinski definition) is 0. The lowest BCUT2D eigenvalue weighted by atomic mass is 9.58. The van der Waals surface area contributed by atoms with Gasteiger partial charge in [0.05, 0.1) is 0 Å². The molecule has 4 aliphatic rings. The minimum Gasteiger partial charge on any atom is -0.352 e. The van der Waals surface area contributed by atoms with Gasteiger partial charge in [0, 0.05) is 42.3 Å². The van der Waals surface area contributed by atoms with Crippen LogP contribution in [0.4, 0.5) is 11.4 Å². The summed E-state index contributed by atoms with van der Waals surface area (Å²) in [6.07, 6.45) is 32.1. The molecular weight excluding hydrogens is 556 g/mol. The molecule has 0 N–H and O–H groups in total. The molecule has 0 amide bonds. The molecule has 0 radical (unpaired) electrons. The maximum absolute atomic E-state index is 2.68. The Balaban J connectivity index is 1.24. The molecule has 2 nitrogen and oxygen atoms in total. The number of nitrogens with zero attached hydrogens (tertiary/aromatic N) is 2. The number of allylic oxidation sites excluding steroid dienone is 9. The van der Waals surface area contributed by atoms with E-state index < -0.39 is 0 Å². The van der Waals surface area contributed by atoms with Crippen LogP contribution in [0.3, 0.4) is 0 Å². The van der Waals surface area contributed by atoms with Crippen molar-refractivity contribution in [3.8, 4) is 0 Å². The molecule has 46 heavy (non-hydrogen) atoms. The number of rotatable bonds is 10. The zero-order valence-corrected chi connectivity index (χ0v) is 29.1. The summed E-state index contributed by atoms with van der Waals surface area (Å²) in [5.41, 5.74) is 7.82. The molecule has 2 saturated carbocycles. The first-order valence-corrected chi connectivity index (χ1v) is 18.5. The van der Waals surface area contributed by atoms with Crippen LogP contribution in [0.25, 0.3) is 0 Å². The van der Waals surface area contributed by atoms with E-state index in [9.17, 15) is 0 Å². The number of para-hydroxylation sites is 2. The smallest absolute Gasteiger partial charge is 0.0413 e. The maximum atomic E-state index is 2.68. The number of anilines is 2. The molecule has 0 spiro atoms. The lowest BCUT2D eigenvalue weighted by molar-refractivity contribution is 0.112. The summed E-state index contributed by atoms with van der Waals surface area (Å²) in [6, 6.07) is 22.8. The average molecular weight is 615 g/mol. The Morgan fingerprint density at radius 2 is 1.52 bits per heavy atom. The third-order valence-corrected chi connectivity index (χ3v) is 11.9. The Bertz CT molecular complexity index is 1380. The van der Waals surface area contributed by atoms with Gasteiger partial charge < -0.3 is 9.80 Å². The van der Waals surface area contributed by atoms with E-state index in [-0.39, 0.29) is 0 Å². The van der Waals surface area contributed by atoms with Crippen molar-refractivity contribution in [1.29, 1.82) is 0 Å². The molecule has 0 bridgehead atoms. The summed E-state index contributed by atoms with van der Waals surface area (Å²) in [7, 11) is 2.29. The minimum atomic E-state index is 0.384. The third-order valence-electron chi connectivity index (χ3n) is 11.9. The minimum absolute atomic E-state index is 0.384. The van der Waals surface area contributed by atoms with Crippen molar-refractivity contribution in [3.05, 3.63) is 120 Å². The first kappa shape index (κ1) is 32.7. The monoisotopic (exact) mass is 614 g/mol. The van der Waals surface area contributed by atoms with Crippen molar-refractivity contribution in [2.45, 2.75) is 104 Å². The van der Waals surface area contributed by atoms with Gasteiger partial charge in [-0.1, -0.05) is 112 Å². The molecule has 244 valence electrons. The number of hydrogen-bond acceptors (Lipinski definition) is 2. The van der Waals surface area contributed by atoms with Gasteiger partial charge in [0.2, 0.25) is 0 Å². The van der Waals surface area contributed by atoms with Gasteiger partial charge in [-0.3, -0.25) is 0 Å². The highest BCUT2D eigenvalue weighted by molar-refractivity contribution is 5.64. The quantitative estimate of drug-likeness (QED) is 0.246. The van der Waals surface area contributed by atoms with Gasteiger partial charge in [-0.2, -0.15) is 0 Å². The SMILES string of the molecule is C/C=C(\C1CC1C(C(C)C)N(c1ccccc1)c1ccccc1)C1(C2CC/C=C(/N(C)C3=CC=CC=CC3)CCC2)CCCCC1. The predicted molar refractivity (Wildman–Crippen MR) is 198 cm³/mol. The number of benzene rings is 2. The van der Waals surface area contributed by atoms with E-state index >= 15 is 0 Å². The molecule has 0 aromatic heterocycles. The molecule has 4 aliphatic carbocycles. The van der Waals surface area contributed by atoms with E-state index in [0.717, 1.165) is 12.3 Å². The van der Waals surface area contributed by atoms with E-state index in [4.69, 9.17) is 0 Å². The Morgan fingerprint density at radius 3 is 2.17 bits per heavy atom. The van der Waals surface area contributed by atoms with Gasteiger partial charge >= 0.3 is 0 Å². The molecule has 2 heteroatoms. The fraction of sp³-hybridized carbons (Fsp3) is 0.500. The highest BCUT2D eigenvalue weighted by Crippen LogP contribution is 2.62. The second-order valence-corrected chi connectivity index (χ2v) is 14.8. The van der Waals surface area contributed by atoms with Crippen molar-refractivity contribution in [1.82, 2.24) is 4.90 Å². The normalized spacial score (nSPS) is 26.6. The molecule has 2 aromatic rings. The molecule has 2 aromatic carbocycles. The van der Waals surface area contributed by atoms with E-state index in [1.54, 1.807) is 0 Å².